The second-order valence-corrected chi connectivity index (χ2v) is 9.33. The van der Waals surface area contributed by atoms with E-state index in [-0.39, 0.29) is 30.6 Å². The molecule has 0 unspecified atom stereocenters. The van der Waals surface area contributed by atoms with Crippen LogP contribution in [-0.2, 0) is 17.9 Å². The lowest BCUT2D eigenvalue weighted by Gasteiger charge is -2.23. The van der Waals surface area contributed by atoms with Crippen LogP contribution in [-0.4, -0.2) is 62.8 Å². The zero-order valence-corrected chi connectivity index (χ0v) is 21.4. The van der Waals surface area contributed by atoms with Crippen molar-refractivity contribution in [2.24, 2.45) is 0 Å². The summed E-state index contributed by atoms with van der Waals surface area (Å²) in [7, 11) is 3.09. The molecule has 198 valence electrons. The molecule has 0 saturated carbocycles. The summed E-state index contributed by atoms with van der Waals surface area (Å²) >= 11 is 0. The normalized spacial score (nSPS) is 19.8. The van der Waals surface area contributed by atoms with Gasteiger partial charge in [-0.05, 0) is 41.5 Å². The summed E-state index contributed by atoms with van der Waals surface area (Å²) in [5.41, 5.74) is 2.44. The quantitative estimate of drug-likeness (QED) is 0.549. The zero-order valence-electron chi connectivity index (χ0n) is 21.4. The van der Waals surface area contributed by atoms with Gasteiger partial charge in [0.1, 0.15) is 6.10 Å². The van der Waals surface area contributed by atoms with E-state index in [1.165, 1.54) is 12.7 Å². The summed E-state index contributed by atoms with van der Waals surface area (Å²) in [6.07, 6.45) is -0.313. The second kappa shape index (κ2) is 11.4. The number of amides is 2. The largest absolute Gasteiger partial charge is 0.493 e. The van der Waals surface area contributed by atoms with Crippen LogP contribution in [0.15, 0.2) is 66.7 Å². The summed E-state index contributed by atoms with van der Waals surface area (Å²) in [4.78, 5) is 28.1. The molecule has 2 N–H and O–H groups in total. The number of ether oxygens (including phenoxy) is 4. The van der Waals surface area contributed by atoms with Crippen molar-refractivity contribution in [3.05, 3.63) is 83.4 Å². The number of carbonyl (C=O) groups excluding carboxylic acids is 2. The Morgan fingerprint density at radius 1 is 0.921 bits per heavy atom. The molecule has 9 heteroatoms. The van der Waals surface area contributed by atoms with Crippen molar-refractivity contribution in [2.75, 3.05) is 33.9 Å². The molecule has 6 rings (SSSR count). The van der Waals surface area contributed by atoms with Gasteiger partial charge in [0.2, 0.25) is 0 Å². The lowest BCUT2D eigenvalue weighted by molar-refractivity contribution is -0.123. The summed E-state index contributed by atoms with van der Waals surface area (Å²) in [6, 6.07) is 20.4. The highest BCUT2D eigenvalue weighted by Gasteiger charge is 2.36. The molecular weight excluding hydrogens is 486 g/mol. The van der Waals surface area contributed by atoms with Crippen molar-refractivity contribution < 1.29 is 28.5 Å². The Labute approximate surface area is 221 Å². The van der Waals surface area contributed by atoms with E-state index in [0.717, 1.165) is 12.1 Å². The Hall–Kier alpha value is -4.24. The number of nitrogens with zero attached hydrogens (tertiary/aromatic N) is 1. The van der Waals surface area contributed by atoms with E-state index in [4.69, 9.17) is 18.9 Å². The molecule has 38 heavy (non-hydrogen) atoms. The summed E-state index contributed by atoms with van der Waals surface area (Å²) in [5, 5.41) is 5.99. The molecule has 0 aromatic heterocycles. The number of carbonyl (C=O) groups is 2. The minimum Gasteiger partial charge on any atom is -0.493 e. The smallest absolute Gasteiger partial charge is 0.258 e. The van der Waals surface area contributed by atoms with E-state index < -0.39 is 0 Å². The number of fused-ring (bicyclic) bond motifs is 7. The molecule has 3 heterocycles. The van der Waals surface area contributed by atoms with Gasteiger partial charge < -0.3 is 29.6 Å². The number of methoxy groups -OCH3 is 2. The number of hydrogen-bond acceptors (Lipinski definition) is 7. The number of benzene rings is 3. The van der Waals surface area contributed by atoms with Gasteiger partial charge in [0.15, 0.2) is 29.6 Å². The highest BCUT2D eigenvalue weighted by Crippen LogP contribution is 2.32. The van der Waals surface area contributed by atoms with E-state index in [2.05, 4.69) is 27.7 Å². The molecule has 0 spiro atoms. The second-order valence-electron chi connectivity index (χ2n) is 9.33. The van der Waals surface area contributed by atoms with Gasteiger partial charge in [-0.2, -0.15) is 0 Å². The van der Waals surface area contributed by atoms with Gasteiger partial charge in [-0.15, -0.1) is 0 Å². The first-order valence-corrected chi connectivity index (χ1v) is 12.5. The average molecular weight is 518 g/mol. The Morgan fingerprint density at radius 3 is 2.53 bits per heavy atom. The zero-order chi connectivity index (χ0) is 26.5. The standard InChI is InChI=1S/C29H31N3O6/c1-35-23-11-9-21-13-26(23)37-18-28(33)30-14-20-8-10-24(25(12-20)36-2)38-27-17-32(16-22(27)31-29(21)34)15-19-6-4-3-5-7-19/h3-13,22,27H,14-18H2,1-2H3,(H,30,33)(H,31,34)/t22-,27-/m0/s1. The first-order valence-electron chi connectivity index (χ1n) is 12.5. The first-order chi connectivity index (χ1) is 18.5. The highest BCUT2D eigenvalue weighted by molar-refractivity contribution is 5.95. The highest BCUT2D eigenvalue weighted by atomic mass is 16.5. The third kappa shape index (κ3) is 5.84. The van der Waals surface area contributed by atoms with Crippen LogP contribution in [0.25, 0.3) is 0 Å². The summed E-state index contributed by atoms with van der Waals surface area (Å²) in [5.74, 6) is 1.30. The van der Waals surface area contributed by atoms with Crippen LogP contribution in [0.2, 0.25) is 0 Å². The molecule has 0 aliphatic carbocycles. The molecule has 0 radical (unpaired) electrons. The van der Waals surface area contributed by atoms with Gasteiger partial charge in [0.05, 0.1) is 20.3 Å². The van der Waals surface area contributed by atoms with Crippen LogP contribution in [0.3, 0.4) is 0 Å². The molecule has 3 aliphatic heterocycles. The van der Waals surface area contributed by atoms with Gasteiger partial charge in [0.25, 0.3) is 11.8 Å². The maximum atomic E-state index is 13.4. The number of rotatable bonds is 4. The summed E-state index contributed by atoms with van der Waals surface area (Å²) < 4.78 is 23.1. The molecule has 2 amide bonds. The number of nitrogens with one attached hydrogen (secondary N) is 2. The fourth-order valence-corrected chi connectivity index (χ4v) is 4.74. The Morgan fingerprint density at radius 2 is 1.74 bits per heavy atom. The van der Waals surface area contributed by atoms with Crippen molar-refractivity contribution in [3.8, 4) is 23.0 Å². The minimum atomic E-state index is -0.313. The van der Waals surface area contributed by atoms with Gasteiger partial charge in [-0.3, -0.25) is 14.5 Å². The predicted octanol–water partition coefficient (Wildman–Crippen LogP) is 2.77. The van der Waals surface area contributed by atoms with Gasteiger partial charge >= 0.3 is 0 Å². The number of hydrogen-bond donors (Lipinski definition) is 2. The average Bonchev–Trinajstić information content (AvgIpc) is 3.30. The lowest BCUT2D eigenvalue weighted by atomic mass is 10.1. The first kappa shape index (κ1) is 25.4. The van der Waals surface area contributed by atoms with E-state index in [9.17, 15) is 9.59 Å². The van der Waals surface area contributed by atoms with Crippen molar-refractivity contribution in [3.63, 3.8) is 0 Å². The fourth-order valence-electron chi connectivity index (χ4n) is 4.74. The maximum absolute atomic E-state index is 13.4. The lowest BCUT2D eigenvalue weighted by Crippen LogP contribution is -2.45. The van der Waals surface area contributed by atoms with Gasteiger partial charge in [0, 0.05) is 31.7 Å². The van der Waals surface area contributed by atoms with Gasteiger partial charge in [-0.25, -0.2) is 0 Å². The monoisotopic (exact) mass is 517 g/mol. The molecule has 3 aromatic rings. The Kier molecular flexibility index (Phi) is 7.65. The third-order valence-corrected chi connectivity index (χ3v) is 6.69. The molecule has 4 bridgehead atoms. The van der Waals surface area contributed by atoms with Crippen molar-refractivity contribution >= 4 is 11.8 Å². The molecule has 3 aliphatic rings. The molecule has 1 fully saturated rings. The SMILES string of the molecule is COc1ccc2cc1OCC(=O)NCc1ccc(c(OC)c1)O[C@H]1CN(Cc3ccccc3)C[C@@H]1NC2=O. The molecule has 3 aromatic carbocycles. The van der Waals surface area contributed by atoms with Crippen LogP contribution in [0.5, 0.6) is 23.0 Å². The van der Waals surface area contributed by atoms with Crippen molar-refractivity contribution in [2.45, 2.75) is 25.2 Å². The maximum Gasteiger partial charge on any atom is 0.258 e. The third-order valence-electron chi connectivity index (χ3n) is 6.69. The Balaban J connectivity index is 1.46. The van der Waals surface area contributed by atoms with Crippen LogP contribution >= 0.6 is 0 Å². The molecular formula is C29H31N3O6. The van der Waals surface area contributed by atoms with Crippen LogP contribution in [0.1, 0.15) is 21.5 Å². The minimum absolute atomic E-state index is 0.223. The van der Waals surface area contributed by atoms with Gasteiger partial charge in [-0.1, -0.05) is 36.4 Å². The fraction of sp³-hybridized carbons (Fsp3) is 0.310. The topological polar surface area (TPSA) is 98.4 Å². The van der Waals surface area contributed by atoms with E-state index in [1.807, 2.05) is 36.4 Å². The van der Waals surface area contributed by atoms with Crippen LogP contribution in [0.4, 0.5) is 0 Å². The van der Waals surface area contributed by atoms with Crippen LogP contribution < -0.4 is 29.6 Å². The van der Waals surface area contributed by atoms with E-state index in [1.54, 1.807) is 25.3 Å². The predicted molar refractivity (Wildman–Crippen MR) is 141 cm³/mol. The molecule has 2 atom stereocenters. The van der Waals surface area contributed by atoms with Crippen LogP contribution in [0, 0.1) is 0 Å². The Bertz CT molecular complexity index is 1300. The van der Waals surface area contributed by atoms with E-state index >= 15 is 0 Å². The summed E-state index contributed by atoms with van der Waals surface area (Å²) in [6.45, 7) is 2.05. The van der Waals surface area contributed by atoms with Crippen molar-refractivity contribution in [1.29, 1.82) is 0 Å². The van der Waals surface area contributed by atoms with Crippen molar-refractivity contribution in [1.82, 2.24) is 15.5 Å². The van der Waals surface area contributed by atoms with E-state index in [0.29, 0.717) is 48.2 Å². The number of likely N-dealkylation sites (tertiary alicyclic amines) is 1. The molecule has 1 saturated heterocycles. The molecule has 9 nitrogen and oxygen atoms in total.